The zero-order chi connectivity index (χ0) is 27.4. The molecule has 0 aliphatic rings. The zero-order valence-electron chi connectivity index (χ0n) is 21.5. The second kappa shape index (κ2) is 10.8. The Balaban J connectivity index is 1.51. The summed E-state index contributed by atoms with van der Waals surface area (Å²) in [6.07, 6.45) is 2.30. The average molecular weight is 518 g/mol. The number of hydrogen-bond donors (Lipinski definition) is 2. The summed E-state index contributed by atoms with van der Waals surface area (Å²) in [6.45, 7) is 5.43. The highest BCUT2D eigenvalue weighted by atomic mass is 19.1. The Morgan fingerprint density at radius 2 is 1.82 bits per heavy atom. The van der Waals surface area contributed by atoms with Crippen LogP contribution in [0.1, 0.15) is 35.5 Å². The number of fused-ring (bicyclic) bond motifs is 1. The first kappa shape index (κ1) is 26.5. The Morgan fingerprint density at radius 1 is 1.08 bits per heavy atom. The number of rotatable bonds is 8. The largest absolute Gasteiger partial charge is 0.389 e. The van der Waals surface area contributed by atoms with Gasteiger partial charge in [-0.1, -0.05) is 18.2 Å². The van der Waals surface area contributed by atoms with Gasteiger partial charge in [-0.3, -0.25) is 14.6 Å². The van der Waals surface area contributed by atoms with Crippen molar-refractivity contribution in [3.05, 3.63) is 93.9 Å². The summed E-state index contributed by atoms with van der Waals surface area (Å²) in [4.78, 5) is 48.8. The van der Waals surface area contributed by atoms with Crippen LogP contribution in [0.5, 0.6) is 0 Å². The molecule has 0 saturated carbocycles. The number of anilines is 2. The summed E-state index contributed by atoms with van der Waals surface area (Å²) >= 11 is 0. The molecule has 4 rings (SSSR count). The van der Waals surface area contributed by atoms with Gasteiger partial charge in [0, 0.05) is 37.6 Å². The predicted octanol–water partition coefficient (Wildman–Crippen LogP) is 4.17. The number of aromatic nitrogens is 2. The van der Waals surface area contributed by atoms with E-state index in [2.05, 4.69) is 20.6 Å². The van der Waals surface area contributed by atoms with Crippen molar-refractivity contribution in [3.63, 3.8) is 0 Å². The monoisotopic (exact) mass is 517 g/mol. The van der Waals surface area contributed by atoms with E-state index in [-0.39, 0.29) is 22.9 Å². The van der Waals surface area contributed by atoms with E-state index >= 15 is 0 Å². The molecule has 0 aliphatic carbocycles. The molecule has 2 amide bonds. The minimum absolute atomic E-state index is 0.110. The van der Waals surface area contributed by atoms with Crippen LogP contribution in [0.15, 0.2) is 70.0 Å². The number of nitrogens with one attached hydrogen (secondary N) is 2. The minimum Gasteiger partial charge on any atom is -0.389 e. The maximum absolute atomic E-state index is 14.0. The van der Waals surface area contributed by atoms with Gasteiger partial charge in [-0.2, -0.15) is 4.98 Å². The Kier molecular flexibility index (Phi) is 7.52. The van der Waals surface area contributed by atoms with Crippen molar-refractivity contribution in [2.75, 3.05) is 24.2 Å². The zero-order valence-corrected chi connectivity index (χ0v) is 21.5. The molecule has 38 heavy (non-hydrogen) atoms. The molecule has 2 N–H and O–H groups in total. The maximum atomic E-state index is 14.0. The molecule has 196 valence electrons. The van der Waals surface area contributed by atoms with Crippen LogP contribution < -0.4 is 16.3 Å². The predicted molar refractivity (Wildman–Crippen MR) is 143 cm³/mol. The van der Waals surface area contributed by atoms with Crippen LogP contribution in [0, 0.1) is 12.7 Å². The Bertz CT molecular complexity index is 1550. The van der Waals surface area contributed by atoms with Gasteiger partial charge in [-0.25, -0.2) is 9.18 Å². The van der Waals surface area contributed by atoms with E-state index in [0.717, 1.165) is 5.69 Å². The van der Waals surface area contributed by atoms with Gasteiger partial charge in [0.2, 0.25) is 5.91 Å². The third-order valence-corrected chi connectivity index (χ3v) is 6.16. The summed E-state index contributed by atoms with van der Waals surface area (Å²) in [7, 11) is 1.69. The van der Waals surface area contributed by atoms with Crippen LogP contribution in [0.25, 0.3) is 10.9 Å². The van der Waals surface area contributed by atoms with Gasteiger partial charge in [0.15, 0.2) is 0 Å². The SMILES string of the molecule is Cc1c(NC(=O)c2ccccc2F)ccc2nc(NC(C)(C)C(=O)N(C)CCc3ccccn3)oc(=O)c12. The number of benzene rings is 2. The van der Waals surface area contributed by atoms with Gasteiger partial charge in [0.1, 0.15) is 11.4 Å². The average Bonchev–Trinajstić information content (AvgIpc) is 2.88. The van der Waals surface area contributed by atoms with Gasteiger partial charge < -0.3 is 20.0 Å². The molecule has 0 radical (unpaired) electrons. The highest BCUT2D eigenvalue weighted by Gasteiger charge is 2.32. The number of aryl methyl sites for hydroxylation is 1. The van der Waals surface area contributed by atoms with Crippen molar-refractivity contribution in [2.24, 2.45) is 0 Å². The molecule has 10 heteroatoms. The summed E-state index contributed by atoms with van der Waals surface area (Å²) < 4.78 is 19.4. The van der Waals surface area contributed by atoms with E-state index in [1.807, 2.05) is 18.2 Å². The molecule has 0 spiro atoms. The van der Waals surface area contributed by atoms with E-state index < -0.39 is 22.9 Å². The second-order valence-electron chi connectivity index (χ2n) is 9.42. The number of carbonyl (C=O) groups is 2. The lowest BCUT2D eigenvalue weighted by Gasteiger charge is -2.30. The highest BCUT2D eigenvalue weighted by Crippen LogP contribution is 2.25. The standard InChI is InChI=1S/C28H28FN5O4/c1-17-21(31-24(35)19-10-5-6-11-20(19)29)12-13-22-23(17)25(36)38-27(32-22)33-28(2,3)26(37)34(4)16-14-18-9-7-8-15-30-18/h5-13,15H,14,16H2,1-4H3,(H,31,35)(H,32,33). The quantitative estimate of drug-likeness (QED) is 0.360. The Morgan fingerprint density at radius 3 is 2.53 bits per heavy atom. The number of pyridine rings is 1. The van der Waals surface area contributed by atoms with Crippen molar-refractivity contribution in [1.29, 1.82) is 0 Å². The molecule has 2 aromatic carbocycles. The fourth-order valence-electron chi connectivity index (χ4n) is 4.07. The van der Waals surface area contributed by atoms with Gasteiger partial charge in [0.25, 0.3) is 11.9 Å². The van der Waals surface area contributed by atoms with Crippen molar-refractivity contribution in [3.8, 4) is 0 Å². The number of carbonyl (C=O) groups excluding carboxylic acids is 2. The minimum atomic E-state index is -1.13. The van der Waals surface area contributed by atoms with Crippen LogP contribution in [0.4, 0.5) is 16.1 Å². The molecule has 0 bridgehead atoms. The lowest BCUT2D eigenvalue weighted by molar-refractivity contribution is -0.133. The third kappa shape index (κ3) is 5.69. The van der Waals surface area contributed by atoms with Gasteiger partial charge in [-0.05, 0) is 62.7 Å². The number of likely N-dealkylation sites (N-methyl/N-ethyl adjacent to an activating group) is 1. The molecule has 0 unspecified atom stereocenters. The number of hydrogen-bond acceptors (Lipinski definition) is 7. The fourth-order valence-corrected chi connectivity index (χ4v) is 4.07. The molecule has 9 nitrogen and oxygen atoms in total. The summed E-state index contributed by atoms with van der Waals surface area (Å²) in [5, 5.41) is 5.73. The van der Waals surface area contributed by atoms with E-state index in [1.165, 1.54) is 18.2 Å². The van der Waals surface area contributed by atoms with Gasteiger partial charge >= 0.3 is 5.63 Å². The second-order valence-corrected chi connectivity index (χ2v) is 9.42. The summed E-state index contributed by atoms with van der Waals surface area (Å²) in [5.41, 5.74) is 0.00226. The first-order chi connectivity index (χ1) is 18.1. The van der Waals surface area contributed by atoms with E-state index in [4.69, 9.17) is 4.42 Å². The smallest absolute Gasteiger partial charge is 0.348 e. The fraction of sp³-hybridized carbons (Fsp3) is 0.250. The molecule has 0 saturated heterocycles. The lowest BCUT2D eigenvalue weighted by Crippen LogP contribution is -2.49. The molecule has 4 aromatic rings. The van der Waals surface area contributed by atoms with Crippen LogP contribution in [-0.2, 0) is 11.2 Å². The van der Waals surface area contributed by atoms with Gasteiger partial charge in [0.05, 0.1) is 16.5 Å². The highest BCUT2D eigenvalue weighted by molar-refractivity contribution is 6.06. The maximum Gasteiger partial charge on any atom is 0.348 e. The molecule has 2 heterocycles. The Hall–Kier alpha value is -4.60. The summed E-state index contributed by atoms with van der Waals surface area (Å²) in [6, 6.07) is 14.3. The van der Waals surface area contributed by atoms with E-state index in [9.17, 15) is 18.8 Å². The molecule has 0 fully saturated rings. The van der Waals surface area contributed by atoms with Crippen LogP contribution in [-0.4, -0.2) is 45.8 Å². The van der Waals surface area contributed by atoms with Crippen molar-refractivity contribution < 1.29 is 18.4 Å². The first-order valence-corrected chi connectivity index (χ1v) is 12.0. The topological polar surface area (TPSA) is 117 Å². The third-order valence-electron chi connectivity index (χ3n) is 6.16. The molecule has 0 atom stereocenters. The van der Waals surface area contributed by atoms with Crippen LogP contribution in [0.3, 0.4) is 0 Å². The van der Waals surface area contributed by atoms with Crippen molar-refractivity contribution in [1.82, 2.24) is 14.9 Å². The molecular weight excluding hydrogens is 489 g/mol. The molecule has 2 aromatic heterocycles. The molecular formula is C28H28FN5O4. The first-order valence-electron chi connectivity index (χ1n) is 12.0. The normalized spacial score (nSPS) is 11.3. The summed E-state index contributed by atoms with van der Waals surface area (Å²) in [5.74, 6) is -1.52. The van der Waals surface area contributed by atoms with Gasteiger partial charge in [-0.15, -0.1) is 0 Å². The Labute approximate surface area is 218 Å². The van der Waals surface area contributed by atoms with Crippen molar-refractivity contribution in [2.45, 2.75) is 32.7 Å². The lowest BCUT2D eigenvalue weighted by atomic mass is 10.0. The van der Waals surface area contributed by atoms with Crippen molar-refractivity contribution >= 4 is 34.4 Å². The van der Waals surface area contributed by atoms with E-state index in [1.54, 1.807) is 57.1 Å². The number of nitrogens with zero attached hydrogens (tertiary/aromatic N) is 3. The van der Waals surface area contributed by atoms with Crippen LogP contribution in [0.2, 0.25) is 0 Å². The number of amides is 2. The number of halogens is 1. The molecule has 0 aliphatic heterocycles. The van der Waals surface area contributed by atoms with E-state index in [0.29, 0.717) is 29.7 Å². The van der Waals surface area contributed by atoms with Crippen LogP contribution >= 0.6 is 0 Å².